The Labute approximate surface area is 120 Å². The van der Waals surface area contributed by atoms with Crippen LogP contribution in [0.25, 0.3) is 0 Å². The van der Waals surface area contributed by atoms with Crippen molar-refractivity contribution >= 4 is 29.1 Å². The summed E-state index contributed by atoms with van der Waals surface area (Å²) in [5, 5.41) is 13.3. The van der Waals surface area contributed by atoms with Crippen LogP contribution >= 0.6 is 23.2 Å². The predicted molar refractivity (Wildman–Crippen MR) is 74.1 cm³/mol. The van der Waals surface area contributed by atoms with Crippen molar-refractivity contribution in [1.82, 2.24) is 10.3 Å². The SMILES string of the molecule is O=C(NCc1ccc[nH]1)C(O)c1cc(Cl)cc(Cl)c1. The molecule has 0 saturated carbocycles. The van der Waals surface area contributed by atoms with Crippen molar-refractivity contribution in [3.8, 4) is 0 Å². The summed E-state index contributed by atoms with van der Waals surface area (Å²) < 4.78 is 0. The van der Waals surface area contributed by atoms with E-state index in [0.717, 1.165) is 5.69 Å². The van der Waals surface area contributed by atoms with E-state index in [1.54, 1.807) is 6.20 Å². The van der Waals surface area contributed by atoms with Gasteiger partial charge in [0.15, 0.2) is 6.10 Å². The van der Waals surface area contributed by atoms with Crippen molar-refractivity contribution < 1.29 is 9.90 Å². The van der Waals surface area contributed by atoms with Gasteiger partial charge in [-0.05, 0) is 35.9 Å². The Hall–Kier alpha value is -1.49. The van der Waals surface area contributed by atoms with Crippen LogP contribution in [0, 0.1) is 0 Å². The Kier molecular flexibility index (Phi) is 4.47. The van der Waals surface area contributed by atoms with Crippen LogP contribution in [0.5, 0.6) is 0 Å². The molecule has 3 N–H and O–H groups in total. The van der Waals surface area contributed by atoms with Crippen LogP contribution in [0.15, 0.2) is 36.5 Å². The van der Waals surface area contributed by atoms with Gasteiger partial charge in [0.05, 0.1) is 6.54 Å². The van der Waals surface area contributed by atoms with E-state index in [-0.39, 0.29) is 0 Å². The van der Waals surface area contributed by atoms with Crippen LogP contribution in [0.2, 0.25) is 10.0 Å². The maximum atomic E-state index is 11.8. The fraction of sp³-hybridized carbons (Fsp3) is 0.154. The second kappa shape index (κ2) is 6.10. The number of aromatic nitrogens is 1. The van der Waals surface area contributed by atoms with Gasteiger partial charge in [-0.15, -0.1) is 0 Å². The molecule has 100 valence electrons. The summed E-state index contributed by atoms with van der Waals surface area (Å²) in [6.07, 6.45) is 0.459. The molecule has 0 radical (unpaired) electrons. The van der Waals surface area contributed by atoms with E-state index in [0.29, 0.717) is 22.2 Å². The molecule has 2 aromatic rings. The summed E-state index contributed by atoms with van der Waals surface area (Å²) in [4.78, 5) is 14.8. The topological polar surface area (TPSA) is 65.1 Å². The smallest absolute Gasteiger partial charge is 0.253 e. The number of rotatable bonds is 4. The summed E-state index contributed by atoms with van der Waals surface area (Å²) in [7, 11) is 0. The molecule has 0 bridgehead atoms. The second-order valence-corrected chi connectivity index (χ2v) is 4.89. The number of aliphatic hydroxyl groups is 1. The first kappa shape index (κ1) is 13.9. The molecule has 0 saturated heterocycles. The minimum absolute atomic E-state index is 0.317. The highest BCUT2D eigenvalue weighted by atomic mass is 35.5. The van der Waals surface area contributed by atoms with E-state index >= 15 is 0 Å². The normalized spacial score (nSPS) is 12.2. The maximum absolute atomic E-state index is 11.8. The fourth-order valence-electron chi connectivity index (χ4n) is 1.64. The van der Waals surface area contributed by atoms with Crippen LogP contribution in [-0.4, -0.2) is 16.0 Å². The number of aliphatic hydroxyl groups excluding tert-OH is 1. The number of hydrogen-bond donors (Lipinski definition) is 3. The van der Waals surface area contributed by atoms with E-state index in [4.69, 9.17) is 23.2 Å². The first-order valence-corrected chi connectivity index (χ1v) is 6.36. The summed E-state index contributed by atoms with van der Waals surface area (Å²) in [6, 6.07) is 8.21. The highest BCUT2D eigenvalue weighted by Gasteiger charge is 2.18. The number of carbonyl (C=O) groups is 1. The first-order chi connectivity index (χ1) is 9.06. The molecule has 1 unspecified atom stereocenters. The minimum atomic E-state index is -1.30. The molecule has 2 rings (SSSR count). The van der Waals surface area contributed by atoms with Crippen molar-refractivity contribution in [2.45, 2.75) is 12.6 Å². The number of aromatic amines is 1. The van der Waals surface area contributed by atoms with Gasteiger partial charge in [0.25, 0.3) is 5.91 Å². The van der Waals surface area contributed by atoms with E-state index in [1.807, 2.05) is 12.1 Å². The zero-order chi connectivity index (χ0) is 13.8. The van der Waals surface area contributed by atoms with Crippen LogP contribution in [0.3, 0.4) is 0 Å². The summed E-state index contributed by atoms with van der Waals surface area (Å²) in [5.41, 5.74) is 1.21. The Morgan fingerprint density at radius 3 is 2.58 bits per heavy atom. The van der Waals surface area contributed by atoms with Crippen LogP contribution < -0.4 is 5.32 Å². The molecule has 0 aliphatic heterocycles. The molecule has 0 spiro atoms. The molecule has 6 heteroatoms. The first-order valence-electron chi connectivity index (χ1n) is 5.60. The monoisotopic (exact) mass is 298 g/mol. The van der Waals surface area contributed by atoms with Crippen LogP contribution in [0.1, 0.15) is 17.4 Å². The number of hydrogen-bond acceptors (Lipinski definition) is 2. The van der Waals surface area contributed by atoms with Crippen molar-refractivity contribution in [1.29, 1.82) is 0 Å². The highest BCUT2D eigenvalue weighted by Crippen LogP contribution is 2.23. The minimum Gasteiger partial charge on any atom is -0.378 e. The van der Waals surface area contributed by atoms with Gasteiger partial charge in [-0.2, -0.15) is 0 Å². The van der Waals surface area contributed by atoms with Crippen molar-refractivity contribution in [3.05, 3.63) is 57.8 Å². The molecule has 0 aliphatic rings. The van der Waals surface area contributed by atoms with E-state index < -0.39 is 12.0 Å². The third-order valence-corrected chi connectivity index (χ3v) is 3.00. The van der Waals surface area contributed by atoms with Crippen molar-refractivity contribution in [2.24, 2.45) is 0 Å². The predicted octanol–water partition coefficient (Wildman–Crippen LogP) is 2.67. The molecule has 1 aromatic heterocycles. The Morgan fingerprint density at radius 2 is 2.00 bits per heavy atom. The Balaban J connectivity index is 2.02. The highest BCUT2D eigenvalue weighted by molar-refractivity contribution is 6.34. The van der Waals surface area contributed by atoms with Gasteiger partial charge >= 0.3 is 0 Å². The lowest BCUT2D eigenvalue weighted by atomic mass is 10.1. The standard InChI is InChI=1S/C13H12Cl2N2O2/c14-9-4-8(5-10(15)6-9)12(18)13(19)17-7-11-2-1-3-16-11/h1-6,12,16,18H,7H2,(H,17,19). The largest absolute Gasteiger partial charge is 0.378 e. The number of amides is 1. The lowest BCUT2D eigenvalue weighted by Crippen LogP contribution is -2.28. The summed E-state index contributed by atoms with van der Waals surface area (Å²) in [6.45, 7) is 0.317. The van der Waals surface area contributed by atoms with Gasteiger partial charge in [0, 0.05) is 21.9 Å². The molecule has 1 aromatic carbocycles. The zero-order valence-electron chi connectivity index (χ0n) is 9.86. The Bertz CT molecular complexity index is 550. The molecule has 4 nitrogen and oxygen atoms in total. The summed E-state index contributed by atoms with van der Waals surface area (Å²) >= 11 is 11.6. The quantitative estimate of drug-likeness (QED) is 0.812. The zero-order valence-corrected chi connectivity index (χ0v) is 11.4. The van der Waals surface area contributed by atoms with Gasteiger partial charge in [-0.1, -0.05) is 23.2 Å². The molecule has 1 heterocycles. The second-order valence-electron chi connectivity index (χ2n) is 4.02. The third-order valence-electron chi connectivity index (χ3n) is 2.56. The molecule has 0 fully saturated rings. The van der Waals surface area contributed by atoms with Crippen molar-refractivity contribution in [3.63, 3.8) is 0 Å². The van der Waals surface area contributed by atoms with Gasteiger partial charge < -0.3 is 15.4 Å². The number of nitrogens with one attached hydrogen (secondary N) is 2. The van der Waals surface area contributed by atoms with E-state index in [9.17, 15) is 9.90 Å². The lowest BCUT2D eigenvalue weighted by Gasteiger charge is -2.12. The van der Waals surface area contributed by atoms with Gasteiger partial charge in [0.1, 0.15) is 0 Å². The van der Waals surface area contributed by atoms with Crippen LogP contribution in [0.4, 0.5) is 0 Å². The maximum Gasteiger partial charge on any atom is 0.253 e. The molecular formula is C13H12Cl2N2O2. The number of halogens is 2. The van der Waals surface area contributed by atoms with Gasteiger partial charge in [0.2, 0.25) is 0 Å². The van der Waals surface area contributed by atoms with Crippen LogP contribution in [-0.2, 0) is 11.3 Å². The van der Waals surface area contributed by atoms with Crippen molar-refractivity contribution in [2.75, 3.05) is 0 Å². The average molecular weight is 299 g/mol. The van der Waals surface area contributed by atoms with Gasteiger partial charge in [-0.25, -0.2) is 0 Å². The van der Waals surface area contributed by atoms with E-state index in [1.165, 1.54) is 18.2 Å². The molecule has 1 atom stereocenters. The average Bonchev–Trinajstić information content (AvgIpc) is 2.87. The number of benzene rings is 1. The fourth-order valence-corrected chi connectivity index (χ4v) is 2.18. The number of H-pyrrole nitrogens is 1. The van der Waals surface area contributed by atoms with Gasteiger partial charge in [-0.3, -0.25) is 4.79 Å². The summed E-state index contributed by atoms with van der Waals surface area (Å²) in [5.74, 6) is -0.507. The number of carbonyl (C=O) groups excluding carboxylic acids is 1. The van der Waals surface area contributed by atoms with E-state index in [2.05, 4.69) is 10.3 Å². The lowest BCUT2D eigenvalue weighted by molar-refractivity contribution is -0.129. The Morgan fingerprint density at radius 1 is 1.32 bits per heavy atom. The molecule has 19 heavy (non-hydrogen) atoms. The molecule has 1 amide bonds. The molecule has 0 aliphatic carbocycles. The molecular weight excluding hydrogens is 287 g/mol. The third kappa shape index (κ3) is 3.73.